The predicted octanol–water partition coefficient (Wildman–Crippen LogP) is 8.76. The van der Waals surface area contributed by atoms with E-state index in [1.807, 2.05) is 60.7 Å². The van der Waals surface area contributed by atoms with Crippen LogP contribution in [0, 0.1) is 0 Å². The highest BCUT2D eigenvalue weighted by molar-refractivity contribution is 7.53. The molecule has 0 saturated carbocycles. The molecule has 5 rings (SSSR count). The van der Waals surface area contributed by atoms with Crippen LogP contribution in [0.1, 0.15) is 38.8 Å². The first-order chi connectivity index (χ1) is 28.3. The normalized spacial score (nSPS) is 16.5. The second-order valence-electron chi connectivity index (χ2n) is 12.4. The summed E-state index contributed by atoms with van der Waals surface area (Å²) in [5.74, 6) is 0.813. The first-order valence-electron chi connectivity index (χ1n) is 19.4. The maximum atomic E-state index is 14.4. The fourth-order valence-electron chi connectivity index (χ4n) is 6.33. The third kappa shape index (κ3) is 13.2. The van der Waals surface area contributed by atoms with Crippen molar-refractivity contribution in [2.24, 2.45) is 0 Å². The van der Waals surface area contributed by atoms with Gasteiger partial charge in [0.25, 0.3) is 0 Å². The minimum Gasteiger partial charge on any atom is -0.490 e. The third-order valence-electron chi connectivity index (χ3n) is 8.35. The average Bonchev–Trinajstić information content (AvgIpc) is 3.20. The molecule has 0 atom stereocenters. The smallest absolute Gasteiger partial charge is 0.335 e. The Kier molecular flexibility index (Phi) is 19.3. The molecule has 1 aliphatic rings. The quantitative estimate of drug-likeness (QED) is 0.0981. The fourth-order valence-corrected chi connectivity index (χ4v) is 9.73. The third-order valence-corrected chi connectivity index (χ3v) is 12.4. The van der Waals surface area contributed by atoms with E-state index in [1.54, 1.807) is 27.7 Å². The Morgan fingerprint density at radius 2 is 0.810 bits per heavy atom. The van der Waals surface area contributed by atoms with E-state index in [0.29, 0.717) is 33.8 Å². The molecular weight excluding hydrogens is 798 g/mol. The summed E-state index contributed by atoms with van der Waals surface area (Å²) in [6.45, 7) is 8.34. The van der Waals surface area contributed by atoms with Gasteiger partial charge in [0.05, 0.1) is 38.8 Å². The molecule has 16 nitrogen and oxygen atoms in total. The largest absolute Gasteiger partial charge is 0.490 e. The number of ether oxygens (including phenoxy) is 2. The minimum atomic E-state index is -3.72. The maximum absolute atomic E-state index is 14.4. The molecule has 0 bridgehead atoms. The molecule has 1 aliphatic heterocycles. The lowest BCUT2D eigenvalue weighted by molar-refractivity contribution is -0.367. The van der Waals surface area contributed by atoms with Gasteiger partial charge >= 0.3 is 15.2 Å². The van der Waals surface area contributed by atoms with E-state index in [1.165, 1.54) is 0 Å². The van der Waals surface area contributed by atoms with E-state index in [9.17, 15) is 9.13 Å². The monoisotopic (exact) mass is 852 g/mol. The lowest BCUT2D eigenvalue weighted by Crippen LogP contribution is -2.14. The van der Waals surface area contributed by atoms with Crippen molar-refractivity contribution in [2.75, 3.05) is 92.5 Å². The maximum Gasteiger partial charge on any atom is 0.335 e. The van der Waals surface area contributed by atoms with Gasteiger partial charge in [-0.15, -0.1) is 0 Å². The van der Waals surface area contributed by atoms with Crippen LogP contribution in [0.3, 0.4) is 0 Å². The number of hydrogen-bond donors (Lipinski definition) is 0. The summed E-state index contributed by atoms with van der Waals surface area (Å²) >= 11 is 0. The molecule has 0 amide bonds. The van der Waals surface area contributed by atoms with E-state index in [2.05, 4.69) is 0 Å². The van der Waals surface area contributed by atoms with Crippen LogP contribution >= 0.6 is 15.2 Å². The minimum absolute atomic E-state index is 0.00127. The Bertz CT molecular complexity index is 1940. The van der Waals surface area contributed by atoms with Gasteiger partial charge in [0, 0.05) is 22.1 Å². The first kappa shape index (κ1) is 46.1. The van der Waals surface area contributed by atoms with E-state index >= 15 is 0 Å². The van der Waals surface area contributed by atoms with E-state index in [4.69, 9.17) is 66.7 Å². The Morgan fingerprint density at radius 1 is 0.448 bits per heavy atom. The lowest BCUT2D eigenvalue weighted by Gasteiger charge is -2.26. The predicted molar refractivity (Wildman–Crippen MR) is 215 cm³/mol. The van der Waals surface area contributed by atoms with Crippen molar-refractivity contribution in [1.29, 1.82) is 0 Å². The Hall–Kier alpha value is -3.02. The van der Waals surface area contributed by atoms with Crippen molar-refractivity contribution in [2.45, 2.75) is 40.0 Å². The van der Waals surface area contributed by atoms with Gasteiger partial charge in [-0.05, 0) is 61.5 Å². The number of hydrogen-bond acceptors (Lipinski definition) is 16. The average molecular weight is 853 g/mol. The highest BCUT2D eigenvalue weighted by Gasteiger charge is 2.33. The van der Waals surface area contributed by atoms with Crippen LogP contribution in [0.15, 0.2) is 60.7 Å². The molecule has 18 heteroatoms. The summed E-state index contributed by atoms with van der Waals surface area (Å²) in [5, 5.41) is 3.15. The molecule has 0 saturated heterocycles. The molecule has 0 radical (unpaired) electrons. The molecule has 0 unspecified atom stereocenters. The zero-order valence-electron chi connectivity index (χ0n) is 33.5. The van der Waals surface area contributed by atoms with Crippen molar-refractivity contribution in [3.8, 4) is 22.6 Å². The van der Waals surface area contributed by atoms with Gasteiger partial charge in [0.2, 0.25) is 0 Å². The molecule has 4 aromatic rings. The summed E-state index contributed by atoms with van der Waals surface area (Å²) < 4.78 is 65.3. The molecule has 0 spiro atoms. The molecule has 58 heavy (non-hydrogen) atoms. The number of fused-ring (bicyclic) bond motifs is 7. The van der Waals surface area contributed by atoms with Gasteiger partial charge < -0.3 is 27.6 Å². The number of benzene rings is 4. The van der Waals surface area contributed by atoms with Gasteiger partial charge in [-0.3, -0.25) is 9.13 Å². The van der Waals surface area contributed by atoms with Crippen LogP contribution in [-0.4, -0.2) is 92.5 Å². The molecule has 0 fully saturated rings. The summed E-state index contributed by atoms with van der Waals surface area (Å²) in [4.78, 5) is 41.7. The Balaban J connectivity index is 1.74. The van der Waals surface area contributed by atoms with Gasteiger partial charge in [0.1, 0.15) is 77.6 Å². The standard InChI is InChI=1S/C40H54O16P2/c1-5-53-57(41,54-6-2)29-33-27-32-14-10-12-16-36(32)40-37(33)38-35-15-11-9-13-31(35)28-34(30-58(42,55-7-3)56-8-4)39(38)43-17-19-45-47-21-23-49-51-25-26-52-50-24-22-48-46-20-18-44-40/h9-16,27-28H,5-8,17-26,29-30H2,1-4H3. The zero-order valence-corrected chi connectivity index (χ0v) is 35.3. The summed E-state index contributed by atoms with van der Waals surface area (Å²) in [6.07, 6.45) is -0.226. The Labute approximate surface area is 338 Å². The molecule has 320 valence electrons. The molecule has 1 heterocycles. The van der Waals surface area contributed by atoms with Crippen molar-refractivity contribution in [3.63, 3.8) is 0 Å². The highest BCUT2D eigenvalue weighted by Crippen LogP contribution is 2.58. The van der Waals surface area contributed by atoms with Gasteiger partial charge in [-0.2, -0.15) is 0 Å². The van der Waals surface area contributed by atoms with Crippen LogP contribution in [0.2, 0.25) is 0 Å². The van der Waals surface area contributed by atoms with Crippen LogP contribution in [0.4, 0.5) is 0 Å². The first-order valence-corrected chi connectivity index (χ1v) is 22.9. The lowest BCUT2D eigenvalue weighted by atomic mass is 9.89. The summed E-state index contributed by atoms with van der Waals surface area (Å²) in [6, 6.07) is 19.3. The van der Waals surface area contributed by atoms with Crippen LogP contribution in [-0.2, 0) is 78.6 Å². The second-order valence-corrected chi connectivity index (χ2v) is 16.5. The molecule has 0 aliphatic carbocycles. The van der Waals surface area contributed by atoms with E-state index in [-0.39, 0.29) is 105 Å². The number of rotatable bonds is 12. The Morgan fingerprint density at radius 3 is 1.28 bits per heavy atom. The summed E-state index contributed by atoms with van der Waals surface area (Å²) in [7, 11) is -7.41. The van der Waals surface area contributed by atoms with Gasteiger partial charge in [-0.1, -0.05) is 48.5 Å². The van der Waals surface area contributed by atoms with E-state index in [0.717, 1.165) is 21.5 Å². The van der Waals surface area contributed by atoms with Crippen LogP contribution in [0.5, 0.6) is 11.5 Å². The van der Waals surface area contributed by atoms with Gasteiger partial charge in [-0.25, -0.2) is 39.1 Å². The fraction of sp³-hybridized carbons (Fsp3) is 0.500. The van der Waals surface area contributed by atoms with Gasteiger partial charge in [0.15, 0.2) is 0 Å². The van der Waals surface area contributed by atoms with Crippen LogP contribution < -0.4 is 9.47 Å². The second kappa shape index (κ2) is 24.3. The van der Waals surface area contributed by atoms with Crippen molar-refractivity contribution in [3.05, 3.63) is 71.8 Å². The van der Waals surface area contributed by atoms with Crippen molar-refractivity contribution in [1.82, 2.24) is 0 Å². The van der Waals surface area contributed by atoms with Crippen molar-refractivity contribution < 1.29 is 75.8 Å². The van der Waals surface area contributed by atoms with E-state index < -0.39 is 15.2 Å². The summed E-state index contributed by atoms with van der Waals surface area (Å²) in [5.41, 5.74) is 2.28. The zero-order chi connectivity index (χ0) is 41.1. The topological polar surface area (TPSA) is 163 Å². The molecule has 4 aromatic carbocycles. The molecule has 0 aromatic heterocycles. The highest BCUT2D eigenvalue weighted by atomic mass is 31.2. The SMILES string of the molecule is CCOP(=O)(Cc1cc2ccccc2c2c1OCCOOCCOOCCOOCCOOCCOc1c-2c(CP(=O)(OCC)OCC)cc2ccccc12)OCC. The molecular formula is C40H54O16P2. The molecule has 0 N–H and O–H groups in total. The van der Waals surface area contributed by atoms with Crippen LogP contribution in [0.25, 0.3) is 32.7 Å². The van der Waals surface area contributed by atoms with Crippen molar-refractivity contribution >= 4 is 36.7 Å².